The summed E-state index contributed by atoms with van der Waals surface area (Å²) in [6, 6.07) is 0. The fourth-order valence-electron chi connectivity index (χ4n) is 1.06. The van der Waals surface area contributed by atoms with Gasteiger partial charge in [0.05, 0.1) is 12.7 Å². The van der Waals surface area contributed by atoms with Crippen molar-refractivity contribution >= 4 is 11.8 Å². The summed E-state index contributed by atoms with van der Waals surface area (Å²) >= 11 is 0. The van der Waals surface area contributed by atoms with Crippen molar-refractivity contribution in [3.8, 4) is 0 Å². The van der Waals surface area contributed by atoms with Crippen LogP contribution in [0.4, 0.5) is 0 Å². The topological polar surface area (TPSA) is 43.4 Å². The molecule has 0 N–H and O–H groups in total. The minimum absolute atomic E-state index is 0.145. The van der Waals surface area contributed by atoms with Gasteiger partial charge in [-0.1, -0.05) is 32.8 Å². The highest BCUT2D eigenvalue weighted by Gasteiger charge is 2.15. The lowest BCUT2D eigenvalue weighted by molar-refractivity contribution is -0.137. The Morgan fingerprint density at radius 3 is 2.36 bits per heavy atom. The first-order chi connectivity index (χ1) is 6.67. The van der Waals surface area contributed by atoms with Crippen molar-refractivity contribution in [3.05, 3.63) is 11.6 Å². The number of esters is 1. The van der Waals surface area contributed by atoms with Gasteiger partial charge in [-0.15, -0.1) is 0 Å². The predicted molar refractivity (Wildman–Crippen MR) is 54.9 cm³/mol. The third-order valence-electron chi connectivity index (χ3n) is 1.93. The number of hydrogen-bond acceptors (Lipinski definition) is 3. The quantitative estimate of drug-likeness (QED) is 0.216. The van der Waals surface area contributed by atoms with Gasteiger partial charge in [-0.05, 0) is 6.42 Å². The Balaban J connectivity index is 4.46. The Bertz CT molecular complexity index is 211. The molecule has 0 fully saturated rings. The molecule has 0 aliphatic carbocycles. The van der Waals surface area contributed by atoms with Crippen LogP contribution in [0.2, 0.25) is 0 Å². The average molecular weight is 198 g/mol. The molecule has 0 bridgehead atoms. The lowest BCUT2D eigenvalue weighted by Crippen LogP contribution is -2.13. The van der Waals surface area contributed by atoms with E-state index in [1.54, 1.807) is 13.0 Å². The highest BCUT2D eigenvalue weighted by atomic mass is 16.5. The van der Waals surface area contributed by atoms with Crippen LogP contribution in [0.1, 0.15) is 39.5 Å². The van der Waals surface area contributed by atoms with Gasteiger partial charge in [0.1, 0.15) is 0 Å². The van der Waals surface area contributed by atoms with E-state index in [0.29, 0.717) is 6.42 Å². The van der Waals surface area contributed by atoms with Gasteiger partial charge in [-0.3, -0.25) is 4.79 Å². The van der Waals surface area contributed by atoms with Gasteiger partial charge in [0.15, 0.2) is 5.78 Å². The summed E-state index contributed by atoms with van der Waals surface area (Å²) in [5, 5.41) is 0. The van der Waals surface area contributed by atoms with Gasteiger partial charge >= 0.3 is 5.97 Å². The number of hydrogen-bond donors (Lipinski definition) is 0. The number of carbonyl (C=O) groups excluding carboxylic acids is 2. The van der Waals surface area contributed by atoms with Crippen LogP contribution in [0.5, 0.6) is 0 Å². The molecule has 0 amide bonds. The third kappa shape index (κ3) is 4.21. The van der Waals surface area contributed by atoms with Crippen molar-refractivity contribution in [2.75, 3.05) is 7.11 Å². The number of methoxy groups -OCH3 is 1. The van der Waals surface area contributed by atoms with E-state index in [4.69, 9.17) is 0 Å². The molecule has 0 rings (SSSR count). The van der Waals surface area contributed by atoms with Crippen LogP contribution < -0.4 is 0 Å². The molecule has 0 atom stereocenters. The van der Waals surface area contributed by atoms with Crippen LogP contribution in [-0.4, -0.2) is 18.9 Å². The van der Waals surface area contributed by atoms with Crippen LogP contribution in [0.3, 0.4) is 0 Å². The summed E-state index contributed by atoms with van der Waals surface area (Å²) < 4.78 is 4.54. The van der Waals surface area contributed by atoms with Crippen molar-refractivity contribution in [1.29, 1.82) is 0 Å². The maximum Gasteiger partial charge on any atom is 0.341 e. The van der Waals surface area contributed by atoms with Crippen molar-refractivity contribution < 1.29 is 14.3 Å². The van der Waals surface area contributed by atoms with Gasteiger partial charge in [0.2, 0.25) is 0 Å². The summed E-state index contributed by atoms with van der Waals surface area (Å²) in [6.07, 6.45) is 4.81. The third-order valence-corrected chi connectivity index (χ3v) is 1.93. The summed E-state index contributed by atoms with van der Waals surface area (Å²) in [5.74, 6) is -0.666. The Morgan fingerprint density at radius 1 is 1.29 bits per heavy atom. The lowest BCUT2D eigenvalue weighted by Gasteiger charge is -2.02. The molecule has 3 nitrogen and oxygen atoms in total. The Kier molecular flexibility index (Phi) is 6.72. The monoisotopic (exact) mass is 198 g/mol. The number of rotatable bonds is 6. The molecule has 0 saturated heterocycles. The summed E-state index contributed by atoms with van der Waals surface area (Å²) in [4.78, 5) is 22.5. The molecular formula is C11H18O3. The number of Topliss-reactive ketones (excluding diaryl/α,β-unsaturated/α-hetero) is 1. The number of ether oxygens (including phenoxy) is 1. The molecule has 3 heteroatoms. The van der Waals surface area contributed by atoms with Gasteiger partial charge in [-0.25, -0.2) is 4.79 Å². The van der Waals surface area contributed by atoms with Gasteiger partial charge in [0, 0.05) is 6.42 Å². The van der Waals surface area contributed by atoms with E-state index in [2.05, 4.69) is 11.7 Å². The van der Waals surface area contributed by atoms with E-state index >= 15 is 0 Å². The molecule has 0 unspecified atom stereocenters. The largest absolute Gasteiger partial charge is 0.465 e. The summed E-state index contributed by atoms with van der Waals surface area (Å²) in [7, 11) is 1.29. The fourth-order valence-corrected chi connectivity index (χ4v) is 1.06. The molecule has 0 saturated carbocycles. The zero-order valence-corrected chi connectivity index (χ0v) is 9.13. The zero-order chi connectivity index (χ0) is 11.0. The Labute approximate surface area is 85.1 Å². The minimum atomic E-state index is -0.520. The zero-order valence-electron chi connectivity index (χ0n) is 9.13. The van der Waals surface area contributed by atoms with Crippen molar-refractivity contribution in [2.24, 2.45) is 0 Å². The van der Waals surface area contributed by atoms with Crippen molar-refractivity contribution in [3.63, 3.8) is 0 Å². The van der Waals surface area contributed by atoms with E-state index in [1.807, 2.05) is 0 Å². The first kappa shape index (κ1) is 12.9. The van der Waals surface area contributed by atoms with E-state index in [1.165, 1.54) is 7.11 Å². The van der Waals surface area contributed by atoms with Crippen LogP contribution in [0, 0.1) is 0 Å². The van der Waals surface area contributed by atoms with Crippen molar-refractivity contribution in [2.45, 2.75) is 39.5 Å². The van der Waals surface area contributed by atoms with E-state index in [9.17, 15) is 9.59 Å². The molecular weight excluding hydrogens is 180 g/mol. The highest BCUT2D eigenvalue weighted by molar-refractivity contribution is 6.17. The molecule has 0 aromatic heterocycles. The molecule has 0 aliphatic heterocycles. The Hall–Kier alpha value is -1.12. The molecule has 0 spiro atoms. The van der Waals surface area contributed by atoms with E-state index < -0.39 is 5.97 Å². The molecule has 80 valence electrons. The number of ketones is 1. The lowest BCUT2D eigenvalue weighted by atomic mass is 10.1. The fraction of sp³-hybridized carbons (Fsp3) is 0.636. The molecule has 0 radical (unpaired) electrons. The number of allylic oxidation sites excluding steroid dienone is 1. The van der Waals surface area contributed by atoms with Crippen LogP contribution in [0.25, 0.3) is 0 Å². The van der Waals surface area contributed by atoms with Gasteiger partial charge in [0.25, 0.3) is 0 Å². The van der Waals surface area contributed by atoms with Crippen LogP contribution >= 0.6 is 0 Å². The smallest absolute Gasteiger partial charge is 0.341 e. The minimum Gasteiger partial charge on any atom is -0.465 e. The second-order valence-electron chi connectivity index (χ2n) is 3.03. The van der Waals surface area contributed by atoms with E-state index in [-0.39, 0.29) is 11.4 Å². The van der Waals surface area contributed by atoms with Gasteiger partial charge in [-0.2, -0.15) is 0 Å². The van der Waals surface area contributed by atoms with E-state index in [0.717, 1.165) is 19.3 Å². The molecule has 0 heterocycles. The van der Waals surface area contributed by atoms with Crippen molar-refractivity contribution in [1.82, 2.24) is 0 Å². The maximum absolute atomic E-state index is 11.3. The normalized spacial score (nSPS) is 11.2. The predicted octanol–water partition coefficient (Wildman–Crippen LogP) is 2.26. The highest BCUT2D eigenvalue weighted by Crippen LogP contribution is 2.06. The molecule has 0 aliphatic rings. The van der Waals surface area contributed by atoms with Crippen LogP contribution in [0.15, 0.2) is 11.6 Å². The van der Waals surface area contributed by atoms with Crippen LogP contribution in [-0.2, 0) is 14.3 Å². The second-order valence-corrected chi connectivity index (χ2v) is 3.03. The standard InChI is InChI=1S/C11H18O3/c1-4-6-7-8-9(10(12)5-2)11(13)14-3/h8H,4-7H2,1-3H3. The SMILES string of the molecule is CCCCC=C(C(=O)CC)C(=O)OC. The summed E-state index contributed by atoms with van der Waals surface area (Å²) in [5.41, 5.74) is 0.198. The average Bonchev–Trinajstić information content (AvgIpc) is 2.22. The number of unbranched alkanes of at least 4 members (excludes halogenated alkanes) is 2. The summed E-state index contributed by atoms with van der Waals surface area (Å²) in [6.45, 7) is 3.80. The molecule has 14 heavy (non-hydrogen) atoms. The molecule has 0 aromatic carbocycles. The Morgan fingerprint density at radius 2 is 1.93 bits per heavy atom. The maximum atomic E-state index is 11.3. The first-order valence-corrected chi connectivity index (χ1v) is 4.99. The van der Waals surface area contributed by atoms with Gasteiger partial charge < -0.3 is 4.74 Å². The molecule has 0 aromatic rings. The first-order valence-electron chi connectivity index (χ1n) is 4.99. The second kappa shape index (κ2) is 7.30. The number of carbonyl (C=O) groups is 2.